The largest absolute Gasteiger partial charge is 0.481 e. The topological polar surface area (TPSA) is 117 Å². The molecule has 0 unspecified atom stereocenters. The van der Waals surface area contributed by atoms with Crippen LogP contribution in [0.2, 0.25) is 0 Å². The first-order chi connectivity index (χ1) is 21.3. The summed E-state index contributed by atoms with van der Waals surface area (Å²) in [6.45, 7) is 6.22. The Hall–Kier alpha value is -3.94. The lowest BCUT2D eigenvalue weighted by molar-refractivity contribution is -0.137. The summed E-state index contributed by atoms with van der Waals surface area (Å²) in [6.07, 6.45) is 5.32. The van der Waals surface area contributed by atoms with Crippen molar-refractivity contribution in [2.45, 2.75) is 39.2 Å². The van der Waals surface area contributed by atoms with E-state index in [0.717, 1.165) is 42.3 Å². The van der Waals surface area contributed by atoms with Gasteiger partial charge in [0.1, 0.15) is 15.8 Å². The predicted octanol–water partition coefficient (Wildman–Crippen LogP) is 3.90. The summed E-state index contributed by atoms with van der Waals surface area (Å²) in [7, 11) is 0. The number of rotatable bonds is 10. The standard InChI is InChI=1S/C31H33N5O6S2/c1-20-6-5-11-35-27(20)32-28(34-14-12-33(13-15-34)18-21-8-9-23-24(16-21)42-19-41-23)22(29(35)39)17-25-30(40)36(31(43)44-25)10-4-2-3-7-26(37)38/h5-6,8-9,11,16-17H,2-4,7,10,12-15,18-19H2,1H3,(H,37,38)/b25-17+. The molecule has 2 saturated heterocycles. The molecule has 1 aromatic carbocycles. The van der Waals surface area contributed by atoms with E-state index in [1.807, 2.05) is 31.2 Å². The molecule has 0 spiro atoms. The summed E-state index contributed by atoms with van der Waals surface area (Å²) >= 11 is 6.69. The van der Waals surface area contributed by atoms with Crippen LogP contribution in [0, 0.1) is 6.92 Å². The number of carboxylic acids is 1. The molecule has 2 aromatic heterocycles. The van der Waals surface area contributed by atoms with E-state index in [2.05, 4.69) is 15.9 Å². The first-order valence-corrected chi connectivity index (χ1v) is 15.9. The minimum Gasteiger partial charge on any atom is -0.481 e. The van der Waals surface area contributed by atoms with Gasteiger partial charge in [0.05, 0.1) is 10.5 Å². The maximum atomic E-state index is 13.9. The quantitative estimate of drug-likeness (QED) is 0.199. The second-order valence-electron chi connectivity index (χ2n) is 11.0. The van der Waals surface area contributed by atoms with Crippen LogP contribution in [0.4, 0.5) is 5.82 Å². The average Bonchev–Trinajstić information content (AvgIpc) is 3.58. The van der Waals surface area contributed by atoms with Gasteiger partial charge in [0.15, 0.2) is 11.5 Å². The van der Waals surface area contributed by atoms with Crippen molar-refractivity contribution in [1.29, 1.82) is 0 Å². The second kappa shape index (κ2) is 13.0. The zero-order valence-corrected chi connectivity index (χ0v) is 26.0. The van der Waals surface area contributed by atoms with E-state index in [-0.39, 0.29) is 24.7 Å². The number of carbonyl (C=O) groups excluding carboxylic acids is 1. The SMILES string of the molecule is Cc1cccn2c(=O)c(/C=C3/SC(=S)N(CCCCCC(=O)O)C3=O)c(N3CCN(Cc4ccc5c(c4)OCO5)CC3)nc12. The number of piperazine rings is 1. The monoisotopic (exact) mass is 635 g/mol. The third-order valence-electron chi connectivity index (χ3n) is 8.00. The van der Waals surface area contributed by atoms with Gasteiger partial charge in [0, 0.05) is 51.9 Å². The third-order valence-corrected chi connectivity index (χ3v) is 9.38. The van der Waals surface area contributed by atoms with E-state index in [4.69, 9.17) is 31.8 Å². The number of aliphatic carboxylic acids is 1. The van der Waals surface area contributed by atoms with Crippen LogP contribution in [-0.2, 0) is 16.1 Å². The molecule has 0 atom stereocenters. The highest BCUT2D eigenvalue weighted by Gasteiger charge is 2.33. The highest BCUT2D eigenvalue weighted by atomic mass is 32.2. The number of fused-ring (bicyclic) bond motifs is 2. The number of carbonyl (C=O) groups is 2. The van der Waals surface area contributed by atoms with Gasteiger partial charge in [-0.15, -0.1) is 0 Å². The number of ether oxygens (including phenoxy) is 2. The Bertz CT molecular complexity index is 1720. The van der Waals surface area contributed by atoms with Gasteiger partial charge in [0.25, 0.3) is 11.5 Å². The van der Waals surface area contributed by atoms with Gasteiger partial charge >= 0.3 is 5.97 Å². The van der Waals surface area contributed by atoms with E-state index in [0.29, 0.717) is 65.2 Å². The minimum atomic E-state index is -0.828. The molecule has 1 amide bonds. The number of thiocarbonyl (C=S) groups is 1. The van der Waals surface area contributed by atoms with E-state index in [9.17, 15) is 14.4 Å². The summed E-state index contributed by atoms with van der Waals surface area (Å²) in [4.78, 5) is 49.5. The fourth-order valence-corrected chi connectivity index (χ4v) is 6.92. The highest BCUT2D eigenvalue weighted by molar-refractivity contribution is 8.26. The van der Waals surface area contributed by atoms with Crippen molar-refractivity contribution in [2.75, 3.05) is 44.4 Å². The number of benzene rings is 1. The zero-order valence-electron chi connectivity index (χ0n) is 24.4. The molecule has 3 aliphatic rings. The minimum absolute atomic E-state index is 0.103. The molecule has 5 heterocycles. The van der Waals surface area contributed by atoms with Gasteiger partial charge < -0.3 is 19.5 Å². The number of carboxylic acid groups (broad SMARTS) is 1. The number of unbranched alkanes of at least 4 members (excludes halogenated alkanes) is 2. The number of thioether (sulfide) groups is 1. The zero-order chi connectivity index (χ0) is 30.8. The Morgan fingerprint density at radius 1 is 1.09 bits per heavy atom. The van der Waals surface area contributed by atoms with Crippen molar-refractivity contribution >= 4 is 57.7 Å². The fraction of sp³-hybridized carbons (Fsp3) is 0.387. The van der Waals surface area contributed by atoms with Crippen LogP contribution in [0.25, 0.3) is 11.7 Å². The normalized spacial score (nSPS) is 17.8. The number of anilines is 1. The van der Waals surface area contributed by atoms with Crippen molar-refractivity contribution in [3.63, 3.8) is 0 Å². The lowest BCUT2D eigenvalue weighted by Gasteiger charge is -2.36. The maximum absolute atomic E-state index is 13.9. The average molecular weight is 636 g/mol. The molecular weight excluding hydrogens is 603 g/mol. The van der Waals surface area contributed by atoms with Crippen LogP contribution in [0.1, 0.15) is 42.4 Å². The van der Waals surface area contributed by atoms with E-state index in [1.165, 1.54) is 21.1 Å². The molecule has 230 valence electrons. The van der Waals surface area contributed by atoms with Crippen molar-refractivity contribution in [3.8, 4) is 11.5 Å². The molecule has 0 bridgehead atoms. The fourth-order valence-electron chi connectivity index (χ4n) is 5.63. The van der Waals surface area contributed by atoms with Crippen LogP contribution in [-0.4, -0.2) is 80.0 Å². The third kappa shape index (κ3) is 6.30. The summed E-state index contributed by atoms with van der Waals surface area (Å²) in [5, 5.41) is 8.86. The van der Waals surface area contributed by atoms with Crippen molar-refractivity contribution in [3.05, 3.63) is 68.5 Å². The van der Waals surface area contributed by atoms with Gasteiger partial charge in [-0.25, -0.2) is 4.98 Å². The number of amides is 1. The lowest BCUT2D eigenvalue weighted by Crippen LogP contribution is -2.47. The van der Waals surface area contributed by atoms with Crippen molar-refractivity contribution in [1.82, 2.24) is 19.2 Å². The molecule has 2 fully saturated rings. The molecule has 0 radical (unpaired) electrons. The van der Waals surface area contributed by atoms with Crippen LogP contribution >= 0.6 is 24.0 Å². The Kier molecular flexibility index (Phi) is 8.87. The molecule has 44 heavy (non-hydrogen) atoms. The molecule has 3 aliphatic heterocycles. The number of aryl methyl sites for hydroxylation is 1. The van der Waals surface area contributed by atoms with Crippen LogP contribution in [0.15, 0.2) is 46.2 Å². The van der Waals surface area contributed by atoms with Gasteiger partial charge in [-0.1, -0.05) is 42.5 Å². The smallest absolute Gasteiger partial charge is 0.303 e. The summed E-state index contributed by atoms with van der Waals surface area (Å²) < 4.78 is 12.9. The first-order valence-electron chi connectivity index (χ1n) is 14.6. The van der Waals surface area contributed by atoms with Crippen LogP contribution in [0.3, 0.4) is 0 Å². The Labute approximate surface area is 264 Å². The van der Waals surface area contributed by atoms with Gasteiger partial charge in [-0.05, 0) is 55.2 Å². The van der Waals surface area contributed by atoms with Gasteiger partial charge in [-0.3, -0.25) is 28.6 Å². The van der Waals surface area contributed by atoms with Crippen molar-refractivity contribution in [2.24, 2.45) is 0 Å². The molecule has 0 aliphatic carbocycles. The molecule has 13 heteroatoms. The number of hydrogen-bond acceptors (Lipinski definition) is 10. The summed E-state index contributed by atoms with van der Waals surface area (Å²) in [5.74, 6) is 1.02. The molecule has 3 aromatic rings. The van der Waals surface area contributed by atoms with E-state index < -0.39 is 5.97 Å². The maximum Gasteiger partial charge on any atom is 0.303 e. The summed E-state index contributed by atoms with van der Waals surface area (Å²) in [6, 6.07) is 9.76. The number of aromatic nitrogens is 2. The lowest BCUT2D eigenvalue weighted by atomic mass is 10.1. The van der Waals surface area contributed by atoms with E-state index in [1.54, 1.807) is 12.3 Å². The number of hydrogen-bond donors (Lipinski definition) is 1. The van der Waals surface area contributed by atoms with Crippen LogP contribution in [0.5, 0.6) is 11.5 Å². The van der Waals surface area contributed by atoms with Crippen molar-refractivity contribution < 1.29 is 24.2 Å². The Morgan fingerprint density at radius 3 is 2.68 bits per heavy atom. The predicted molar refractivity (Wildman–Crippen MR) is 172 cm³/mol. The molecule has 6 rings (SSSR count). The van der Waals surface area contributed by atoms with Gasteiger partial charge in [0.2, 0.25) is 6.79 Å². The van der Waals surface area contributed by atoms with E-state index >= 15 is 0 Å². The Morgan fingerprint density at radius 2 is 1.89 bits per heavy atom. The molecule has 0 saturated carbocycles. The highest BCUT2D eigenvalue weighted by Crippen LogP contribution is 2.35. The number of nitrogens with zero attached hydrogens (tertiary/aromatic N) is 5. The molecule has 1 N–H and O–H groups in total. The summed E-state index contributed by atoms with van der Waals surface area (Å²) in [5.41, 5.74) is 2.73. The number of pyridine rings is 1. The Balaban J connectivity index is 1.22. The first kappa shape index (κ1) is 30.1. The molecular formula is C31H33N5O6S2. The van der Waals surface area contributed by atoms with Gasteiger partial charge in [-0.2, -0.15) is 0 Å². The molecule has 11 nitrogen and oxygen atoms in total. The van der Waals surface area contributed by atoms with Crippen LogP contribution < -0.4 is 19.9 Å². The second-order valence-corrected chi connectivity index (χ2v) is 12.7.